The zero-order valence-electron chi connectivity index (χ0n) is 9.37. The van der Waals surface area contributed by atoms with Crippen LogP contribution in [0.3, 0.4) is 0 Å². The molecule has 0 unspecified atom stereocenters. The summed E-state index contributed by atoms with van der Waals surface area (Å²) in [6, 6.07) is 7.43. The summed E-state index contributed by atoms with van der Waals surface area (Å²) in [6.07, 6.45) is 0. The van der Waals surface area contributed by atoms with Crippen LogP contribution in [0.25, 0.3) is 10.9 Å². The van der Waals surface area contributed by atoms with Crippen molar-refractivity contribution in [2.24, 2.45) is 0 Å². The van der Waals surface area contributed by atoms with Gasteiger partial charge in [0.15, 0.2) is 0 Å². The lowest BCUT2D eigenvalue weighted by Gasteiger charge is -2.25. The molecule has 6 heteroatoms. The summed E-state index contributed by atoms with van der Waals surface area (Å²) in [5, 5.41) is 11.0. The van der Waals surface area contributed by atoms with Crippen LogP contribution in [0.2, 0.25) is 0 Å². The molecule has 1 aromatic carbocycles. The molecular formula is C12H10N2O3S. The molecule has 1 fully saturated rings. The van der Waals surface area contributed by atoms with Gasteiger partial charge < -0.3 is 9.84 Å². The second-order valence-electron chi connectivity index (χ2n) is 3.95. The molecular weight excluding hydrogens is 252 g/mol. The maximum atomic E-state index is 11.0. The number of hydrogen-bond acceptors (Lipinski definition) is 5. The van der Waals surface area contributed by atoms with Gasteiger partial charge in [-0.25, -0.2) is 14.8 Å². The Morgan fingerprint density at radius 1 is 1.33 bits per heavy atom. The predicted octanol–water partition coefficient (Wildman–Crippen LogP) is 1.82. The van der Waals surface area contributed by atoms with Crippen molar-refractivity contribution in [1.82, 2.24) is 9.97 Å². The number of benzene rings is 1. The van der Waals surface area contributed by atoms with E-state index in [9.17, 15) is 4.79 Å². The number of fused-ring (bicyclic) bond motifs is 1. The molecule has 2 heterocycles. The Labute approximate surface area is 107 Å². The first-order valence-corrected chi connectivity index (χ1v) is 6.36. The summed E-state index contributed by atoms with van der Waals surface area (Å²) in [4.78, 5) is 19.2. The Hall–Kier alpha value is -1.66. The molecule has 0 saturated carbocycles. The van der Waals surface area contributed by atoms with Gasteiger partial charge in [0.1, 0.15) is 5.03 Å². The van der Waals surface area contributed by atoms with E-state index in [1.165, 1.54) is 0 Å². The minimum Gasteiger partial charge on any atom is -0.475 e. The van der Waals surface area contributed by atoms with E-state index in [1.807, 2.05) is 18.2 Å². The van der Waals surface area contributed by atoms with Gasteiger partial charge in [0, 0.05) is 5.39 Å². The largest absolute Gasteiger partial charge is 0.475 e. The first-order valence-electron chi connectivity index (χ1n) is 5.48. The smallest absolute Gasteiger partial charge is 0.373 e. The molecule has 3 rings (SSSR count). The highest BCUT2D eigenvalue weighted by Gasteiger charge is 2.22. The maximum absolute atomic E-state index is 11.0. The summed E-state index contributed by atoms with van der Waals surface area (Å²) >= 11 is 1.55. The number of aromatic nitrogens is 2. The lowest BCUT2D eigenvalue weighted by atomic mass is 10.2. The van der Waals surface area contributed by atoms with E-state index in [-0.39, 0.29) is 5.82 Å². The van der Waals surface area contributed by atoms with Crippen LogP contribution >= 0.6 is 11.8 Å². The zero-order valence-corrected chi connectivity index (χ0v) is 10.2. The fraction of sp³-hybridized carbons (Fsp3) is 0.250. The maximum Gasteiger partial charge on any atom is 0.373 e. The minimum atomic E-state index is -1.10. The van der Waals surface area contributed by atoms with Gasteiger partial charge in [0.05, 0.1) is 24.0 Å². The average Bonchev–Trinajstić information content (AvgIpc) is 2.33. The van der Waals surface area contributed by atoms with Gasteiger partial charge in [-0.1, -0.05) is 30.0 Å². The van der Waals surface area contributed by atoms with Gasteiger partial charge in [-0.15, -0.1) is 0 Å². The van der Waals surface area contributed by atoms with Crippen molar-refractivity contribution < 1.29 is 14.6 Å². The number of rotatable bonds is 3. The molecule has 0 aliphatic carbocycles. The van der Waals surface area contributed by atoms with Crippen molar-refractivity contribution >= 4 is 28.6 Å². The topological polar surface area (TPSA) is 72.3 Å². The summed E-state index contributed by atoms with van der Waals surface area (Å²) in [5.41, 5.74) is 0.660. The number of ether oxygens (including phenoxy) is 1. The highest BCUT2D eigenvalue weighted by atomic mass is 32.2. The normalized spacial score (nSPS) is 15.6. The number of nitrogens with zero attached hydrogens (tertiary/aromatic N) is 2. The molecule has 0 atom stereocenters. The number of carboxylic acid groups (broad SMARTS) is 1. The Morgan fingerprint density at radius 3 is 2.78 bits per heavy atom. The number of carboxylic acids is 1. The summed E-state index contributed by atoms with van der Waals surface area (Å²) < 4.78 is 5.12. The molecule has 0 radical (unpaired) electrons. The molecule has 2 aromatic rings. The van der Waals surface area contributed by atoms with E-state index in [0.717, 1.165) is 5.39 Å². The van der Waals surface area contributed by atoms with E-state index in [1.54, 1.807) is 17.8 Å². The number of thioether (sulfide) groups is 1. The SMILES string of the molecule is O=C(O)c1nc(SC2COC2)c2ccccc2n1. The van der Waals surface area contributed by atoms with Gasteiger partial charge in [-0.3, -0.25) is 0 Å². The molecule has 1 aliphatic rings. The van der Waals surface area contributed by atoms with Crippen LogP contribution in [0, 0.1) is 0 Å². The lowest BCUT2D eigenvalue weighted by molar-refractivity contribution is 0.0455. The number of aromatic carboxylic acids is 1. The van der Waals surface area contributed by atoms with E-state index in [2.05, 4.69) is 9.97 Å². The monoisotopic (exact) mass is 262 g/mol. The molecule has 0 amide bonds. The van der Waals surface area contributed by atoms with Crippen LogP contribution in [0.5, 0.6) is 0 Å². The third-order valence-electron chi connectivity index (χ3n) is 2.65. The molecule has 92 valence electrons. The van der Waals surface area contributed by atoms with Crippen LogP contribution in [-0.2, 0) is 4.74 Å². The van der Waals surface area contributed by atoms with Gasteiger partial charge in [-0.05, 0) is 6.07 Å². The van der Waals surface area contributed by atoms with Crippen molar-refractivity contribution in [2.75, 3.05) is 13.2 Å². The highest BCUT2D eigenvalue weighted by Crippen LogP contribution is 2.31. The van der Waals surface area contributed by atoms with Gasteiger partial charge in [-0.2, -0.15) is 0 Å². The van der Waals surface area contributed by atoms with Crippen LogP contribution in [-0.4, -0.2) is 39.5 Å². The summed E-state index contributed by atoms with van der Waals surface area (Å²) in [7, 11) is 0. The zero-order chi connectivity index (χ0) is 12.5. The number of para-hydroxylation sites is 1. The second kappa shape index (κ2) is 4.55. The molecule has 5 nitrogen and oxygen atoms in total. The fourth-order valence-corrected chi connectivity index (χ4v) is 2.76. The molecule has 1 N–H and O–H groups in total. The van der Waals surface area contributed by atoms with Gasteiger partial charge in [0.2, 0.25) is 5.82 Å². The van der Waals surface area contributed by atoms with E-state index in [4.69, 9.17) is 9.84 Å². The van der Waals surface area contributed by atoms with Gasteiger partial charge in [0.25, 0.3) is 0 Å². The van der Waals surface area contributed by atoms with Crippen molar-refractivity contribution in [2.45, 2.75) is 10.3 Å². The molecule has 1 saturated heterocycles. The fourth-order valence-electron chi connectivity index (χ4n) is 1.67. The van der Waals surface area contributed by atoms with E-state index in [0.29, 0.717) is 29.0 Å². The third-order valence-corrected chi connectivity index (χ3v) is 3.79. The minimum absolute atomic E-state index is 0.156. The summed E-state index contributed by atoms with van der Waals surface area (Å²) in [6.45, 7) is 1.37. The van der Waals surface area contributed by atoms with E-state index < -0.39 is 5.97 Å². The second-order valence-corrected chi connectivity index (χ2v) is 5.24. The Kier molecular flexibility index (Phi) is 2.89. The van der Waals surface area contributed by atoms with Crippen LogP contribution < -0.4 is 0 Å². The Morgan fingerprint density at radius 2 is 2.11 bits per heavy atom. The van der Waals surface area contributed by atoms with Gasteiger partial charge >= 0.3 is 5.97 Å². The third kappa shape index (κ3) is 2.04. The number of hydrogen-bond donors (Lipinski definition) is 1. The predicted molar refractivity (Wildman–Crippen MR) is 67.0 cm³/mol. The first-order chi connectivity index (χ1) is 8.74. The molecule has 1 aromatic heterocycles. The number of carbonyl (C=O) groups is 1. The standard InChI is InChI=1S/C12H10N2O3S/c15-12(16)10-13-9-4-2-1-3-8(9)11(14-10)18-7-5-17-6-7/h1-4,7H,5-6H2,(H,15,16). The van der Waals surface area contributed by atoms with Crippen LogP contribution in [0.4, 0.5) is 0 Å². The summed E-state index contributed by atoms with van der Waals surface area (Å²) in [5.74, 6) is -1.26. The molecule has 0 spiro atoms. The lowest BCUT2D eigenvalue weighted by Crippen LogP contribution is -2.30. The molecule has 1 aliphatic heterocycles. The first kappa shape index (κ1) is 11.4. The van der Waals surface area contributed by atoms with Crippen molar-refractivity contribution in [3.05, 3.63) is 30.1 Å². The van der Waals surface area contributed by atoms with Crippen LogP contribution in [0.15, 0.2) is 29.3 Å². The van der Waals surface area contributed by atoms with Crippen molar-refractivity contribution in [3.63, 3.8) is 0 Å². The van der Waals surface area contributed by atoms with Crippen LogP contribution in [0.1, 0.15) is 10.6 Å². The van der Waals surface area contributed by atoms with Crippen molar-refractivity contribution in [1.29, 1.82) is 0 Å². The Bertz CT molecular complexity index is 613. The Balaban J connectivity index is 2.10. The average molecular weight is 262 g/mol. The van der Waals surface area contributed by atoms with Crippen molar-refractivity contribution in [3.8, 4) is 0 Å². The van der Waals surface area contributed by atoms with E-state index >= 15 is 0 Å². The highest BCUT2D eigenvalue weighted by molar-refractivity contribution is 8.00. The molecule has 18 heavy (non-hydrogen) atoms. The quantitative estimate of drug-likeness (QED) is 0.851. The molecule has 0 bridgehead atoms.